The molecule has 2 rings (SSSR count). The molecule has 1 saturated heterocycles. The standard InChI is InChI=1S/C15H23BN2O3/c1-6-9-17-13(19)12-8-7-11(10-18-12)16-20-14(2,3)15(4,5)21-16/h7-8,10H,6,9H2,1-5H3,(H,17,19). The van der Waals surface area contributed by atoms with Crippen molar-refractivity contribution < 1.29 is 14.1 Å². The van der Waals surface area contributed by atoms with Crippen molar-refractivity contribution in [2.75, 3.05) is 6.54 Å². The highest BCUT2D eigenvalue weighted by atomic mass is 16.7. The van der Waals surface area contributed by atoms with Gasteiger partial charge in [0, 0.05) is 18.2 Å². The van der Waals surface area contributed by atoms with Crippen molar-refractivity contribution in [2.24, 2.45) is 0 Å². The summed E-state index contributed by atoms with van der Waals surface area (Å²) in [5, 5.41) is 2.80. The van der Waals surface area contributed by atoms with Crippen LogP contribution in [0.2, 0.25) is 0 Å². The summed E-state index contributed by atoms with van der Waals surface area (Å²) in [4.78, 5) is 16.0. The monoisotopic (exact) mass is 290 g/mol. The third kappa shape index (κ3) is 3.27. The van der Waals surface area contributed by atoms with E-state index in [2.05, 4.69) is 10.3 Å². The van der Waals surface area contributed by atoms with E-state index in [1.54, 1.807) is 12.3 Å². The number of rotatable bonds is 4. The topological polar surface area (TPSA) is 60.5 Å². The second kappa shape index (κ2) is 5.77. The lowest BCUT2D eigenvalue weighted by Crippen LogP contribution is -2.41. The molecule has 1 N–H and O–H groups in total. The van der Waals surface area contributed by atoms with Crippen LogP contribution < -0.4 is 10.8 Å². The quantitative estimate of drug-likeness (QED) is 0.854. The Morgan fingerprint density at radius 2 is 1.86 bits per heavy atom. The second-order valence-electron chi connectivity index (χ2n) is 6.32. The van der Waals surface area contributed by atoms with Gasteiger partial charge < -0.3 is 14.6 Å². The highest BCUT2D eigenvalue weighted by molar-refractivity contribution is 6.62. The zero-order valence-electron chi connectivity index (χ0n) is 13.4. The molecule has 2 heterocycles. The minimum Gasteiger partial charge on any atom is -0.399 e. The molecular formula is C15H23BN2O3. The number of nitrogens with zero attached hydrogens (tertiary/aromatic N) is 1. The van der Waals surface area contributed by atoms with E-state index in [1.807, 2.05) is 40.7 Å². The maximum absolute atomic E-state index is 11.8. The maximum Gasteiger partial charge on any atom is 0.496 e. The molecule has 0 spiro atoms. The first-order chi connectivity index (χ1) is 9.77. The van der Waals surface area contributed by atoms with Crippen molar-refractivity contribution in [3.05, 3.63) is 24.0 Å². The zero-order chi connectivity index (χ0) is 15.7. The molecule has 0 atom stereocenters. The fraction of sp³-hybridized carbons (Fsp3) is 0.600. The molecule has 1 aromatic rings. The number of hydrogen-bond acceptors (Lipinski definition) is 4. The molecule has 5 nitrogen and oxygen atoms in total. The molecule has 114 valence electrons. The lowest BCUT2D eigenvalue weighted by molar-refractivity contribution is 0.00578. The van der Waals surface area contributed by atoms with E-state index in [4.69, 9.17) is 9.31 Å². The Morgan fingerprint density at radius 3 is 2.33 bits per heavy atom. The molecule has 1 fully saturated rings. The van der Waals surface area contributed by atoms with Crippen LogP contribution in [0.3, 0.4) is 0 Å². The van der Waals surface area contributed by atoms with E-state index in [0.29, 0.717) is 12.2 Å². The first-order valence-corrected chi connectivity index (χ1v) is 7.36. The molecule has 1 amide bonds. The maximum atomic E-state index is 11.8. The summed E-state index contributed by atoms with van der Waals surface area (Å²) in [5.74, 6) is -0.155. The van der Waals surface area contributed by atoms with Gasteiger partial charge in [-0.2, -0.15) is 0 Å². The Balaban J connectivity index is 2.09. The predicted molar refractivity (Wildman–Crippen MR) is 82.6 cm³/mol. The number of carbonyl (C=O) groups excluding carboxylic acids is 1. The normalized spacial score (nSPS) is 19.6. The average molecular weight is 290 g/mol. The smallest absolute Gasteiger partial charge is 0.399 e. The Labute approximate surface area is 126 Å². The van der Waals surface area contributed by atoms with Crippen LogP contribution in [-0.4, -0.2) is 35.8 Å². The molecule has 1 aliphatic rings. The van der Waals surface area contributed by atoms with Crippen LogP contribution >= 0.6 is 0 Å². The predicted octanol–water partition coefficient (Wildman–Crippen LogP) is 1.52. The molecule has 6 heteroatoms. The molecule has 0 bridgehead atoms. The third-order valence-corrected chi connectivity index (χ3v) is 4.08. The molecule has 0 aromatic carbocycles. The van der Waals surface area contributed by atoms with Gasteiger partial charge in [0.1, 0.15) is 5.69 Å². The number of hydrogen-bond donors (Lipinski definition) is 1. The SMILES string of the molecule is CCCNC(=O)c1ccc(B2OC(C)(C)C(C)(C)O2)cn1. The van der Waals surface area contributed by atoms with Crippen molar-refractivity contribution in [3.63, 3.8) is 0 Å². The minimum absolute atomic E-state index is 0.155. The zero-order valence-corrected chi connectivity index (χ0v) is 13.4. The Hall–Kier alpha value is -1.40. The van der Waals surface area contributed by atoms with Crippen molar-refractivity contribution in [3.8, 4) is 0 Å². The summed E-state index contributed by atoms with van der Waals surface area (Å²) < 4.78 is 11.9. The van der Waals surface area contributed by atoms with Gasteiger partial charge in [-0.1, -0.05) is 13.0 Å². The van der Waals surface area contributed by atoms with Gasteiger partial charge in [-0.05, 0) is 40.2 Å². The van der Waals surface area contributed by atoms with E-state index in [-0.39, 0.29) is 17.1 Å². The second-order valence-corrected chi connectivity index (χ2v) is 6.32. The molecule has 0 radical (unpaired) electrons. The molecule has 1 aromatic heterocycles. The van der Waals surface area contributed by atoms with E-state index in [9.17, 15) is 4.79 Å². The van der Waals surface area contributed by atoms with Crippen LogP contribution in [0.25, 0.3) is 0 Å². The molecule has 1 aliphatic heterocycles. The third-order valence-electron chi connectivity index (χ3n) is 4.08. The van der Waals surface area contributed by atoms with Crippen LogP contribution in [0.5, 0.6) is 0 Å². The number of pyridine rings is 1. The van der Waals surface area contributed by atoms with Crippen molar-refractivity contribution in [1.82, 2.24) is 10.3 Å². The fourth-order valence-corrected chi connectivity index (χ4v) is 1.99. The van der Waals surface area contributed by atoms with Gasteiger partial charge >= 0.3 is 7.12 Å². The van der Waals surface area contributed by atoms with Crippen molar-refractivity contribution in [2.45, 2.75) is 52.2 Å². The first kappa shape index (κ1) is 16.0. The number of carbonyl (C=O) groups is 1. The fourth-order valence-electron chi connectivity index (χ4n) is 1.99. The highest BCUT2D eigenvalue weighted by Crippen LogP contribution is 2.36. The Morgan fingerprint density at radius 1 is 1.24 bits per heavy atom. The summed E-state index contributed by atoms with van der Waals surface area (Å²) in [6, 6.07) is 3.53. The first-order valence-electron chi connectivity index (χ1n) is 7.36. The summed E-state index contributed by atoms with van der Waals surface area (Å²) in [6.45, 7) is 10.7. The van der Waals surface area contributed by atoms with Gasteiger partial charge in [0.25, 0.3) is 5.91 Å². The van der Waals surface area contributed by atoms with Crippen LogP contribution in [0.15, 0.2) is 18.3 Å². The van der Waals surface area contributed by atoms with E-state index in [0.717, 1.165) is 11.9 Å². The molecule has 0 saturated carbocycles. The largest absolute Gasteiger partial charge is 0.496 e. The molecule has 0 aliphatic carbocycles. The molecule has 21 heavy (non-hydrogen) atoms. The summed E-state index contributed by atoms with van der Waals surface area (Å²) in [7, 11) is -0.449. The van der Waals surface area contributed by atoms with E-state index in [1.165, 1.54) is 0 Å². The van der Waals surface area contributed by atoms with Gasteiger partial charge in [0.2, 0.25) is 0 Å². The van der Waals surface area contributed by atoms with Crippen LogP contribution in [0.4, 0.5) is 0 Å². The van der Waals surface area contributed by atoms with E-state index < -0.39 is 7.12 Å². The van der Waals surface area contributed by atoms with Gasteiger partial charge in [0.15, 0.2) is 0 Å². The van der Waals surface area contributed by atoms with Gasteiger partial charge in [-0.3, -0.25) is 9.78 Å². The van der Waals surface area contributed by atoms with Crippen LogP contribution in [-0.2, 0) is 9.31 Å². The van der Waals surface area contributed by atoms with Gasteiger partial charge in [0.05, 0.1) is 11.2 Å². The summed E-state index contributed by atoms with van der Waals surface area (Å²) in [5.41, 5.74) is 0.466. The highest BCUT2D eigenvalue weighted by Gasteiger charge is 2.51. The Kier molecular flexibility index (Phi) is 4.39. The number of amides is 1. The van der Waals surface area contributed by atoms with Crippen LogP contribution in [0, 0.1) is 0 Å². The lowest BCUT2D eigenvalue weighted by atomic mass is 9.80. The summed E-state index contributed by atoms with van der Waals surface area (Å²) >= 11 is 0. The Bertz CT molecular complexity index is 498. The molecular weight excluding hydrogens is 267 g/mol. The van der Waals surface area contributed by atoms with Gasteiger partial charge in [-0.15, -0.1) is 0 Å². The number of aromatic nitrogens is 1. The molecule has 0 unspecified atom stereocenters. The number of nitrogens with one attached hydrogen (secondary N) is 1. The lowest BCUT2D eigenvalue weighted by Gasteiger charge is -2.32. The van der Waals surface area contributed by atoms with Crippen molar-refractivity contribution >= 4 is 18.5 Å². The van der Waals surface area contributed by atoms with Crippen LogP contribution in [0.1, 0.15) is 51.5 Å². The van der Waals surface area contributed by atoms with Gasteiger partial charge in [-0.25, -0.2) is 0 Å². The van der Waals surface area contributed by atoms with E-state index >= 15 is 0 Å². The average Bonchev–Trinajstić information content (AvgIpc) is 2.65. The van der Waals surface area contributed by atoms with Crippen molar-refractivity contribution in [1.29, 1.82) is 0 Å². The summed E-state index contributed by atoms with van der Waals surface area (Å²) in [6.07, 6.45) is 2.54. The minimum atomic E-state index is -0.449.